The molecule has 0 aliphatic rings. The molecule has 0 aromatic heterocycles. The highest BCUT2D eigenvalue weighted by atomic mass is 35.7. The Morgan fingerprint density at radius 2 is 1.89 bits per heavy atom. The lowest BCUT2D eigenvalue weighted by Gasteiger charge is -2.10. The van der Waals surface area contributed by atoms with E-state index in [0.717, 1.165) is 0 Å². The molecule has 18 heavy (non-hydrogen) atoms. The van der Waals surface area contributed by atoms with Gasteiger partial charge in [-0.1, -0.05) is 0 Å². The quantitative estimate of drug-likeness (QED) is 0.836. The smallest absolute Gasteiger partial charge is 0.409 e. The first-order valence-electron chi connectivity index (χ1n) is 4.68. The van der Waals surface area contributed by atoms with E-state index in [9.17, 15) is 13.2 Å². The molecule has 1 N–H and O–H groups in total. The Morgan fingerprint density at radius 3 is 2.28 bits per heavy atom. The van der Waals surface area contributed by atoms with Crippen LogP contribution < -0.4 is 9.46 Å². The van der Waals surface area contributed by atoms with Crippen LogP contribution in [0.2, 0.25) is 0 Å². The van der Waals surface area contributed by atoms with E-state index < -0.39 is 15.3 Å². The predicted molar refractivity (Wildman–Crippen MR) is 64.6 cm³/mol. The third-order valence-electron chi connectivity index (χ3n) is 1.99. The van der Waals surface area contributed by atoms with E-state index in [0.29, 0.717) is 16.7 Å². The Balaban J connectivity index is 3.00. The summed E-state index contributed by atoms with van der Waals surface area (Å²) >= 11 is 0. The van der Waals surface area contributed by atoms with Crippen molar-refractivity contribution < 1.29 is 17.9 Å². The number of hydrogen-bond acceptors (Lipinski definition) is 5. The number of nitriles is 1. The van der Waals surface area contributed by atoms with Gasteiger partial charge >= 0.3 is 15.3 Å². The van der Waals surface area contributed by atoms with Crippen molar-refractivity contribution in [3.63, 3.8) is 0 Å². The van der Waals surface area contributed by atoms with E-state index in [1.165, 1.54) is 16.9 Å². The van der Waals surface area contributed by atoms with Crippen molar-refractivity contribution in [3.8, 4) is 11.8 Å². The Bertz CT molecular complexity index is 611. The molecule has 1 rings (SSSR count). The topological polar surface area (TPSA) is 96.3 Å². The molecule has 8 heteroatoms. The molecule has 6 nitrogen and oxygen atoms in total. The molecular weight excluding hydrogens is 280 g/mol. The fraction of sp³-hybridized carbons (Fsp3) is 0.200. The van der Waals surface area contributed by atoms with Crippen molar-refractivity contribution in [2.45, 2.75) is 13.8 Å². The molecule has 0 saturated heterocycles. The van der Waals surface area contributed by atoms with Gasteiger partial charge in [0.1, 0.15) is 5.75 Å². The minimum absolute atomic E-state index is 0.187. The number of aryl methyl sites for hydroxylation is 2. The van der Waals surface area contributed by atoms with Gasteiger partial charge in [0, 0.05) is 10.7 Å². The Labute approximate surface area is 109 Å². The number of benzene rings is 1. The molecule has 1 aromatic carbocycles. The van der Waals surface area contributed by atoms with Gasteiger partial charge < -0.3 is 4.74 Å². The largest absolute Gasteiger partial charge is 0.427 e. The van der Waals surface area contributed by atoms with E-state index in [4.69, 9.17) is 20.7 Å². The molecule has 0 bridgehead atoms. The van der Waals surface area contributed by atoms with Gasteiger partial charge in [-0.05, 0) is 37.1 Å². The lowest BCUT2D eigenvalue weighted by atomic mass is 10.1. The summed E-state index contributed by atoms with van der Waals surface area (Å²) in [5.41, 5.74) is 1.49. The summed E-state index contributed by atoms with van der Waals surface area (Å²) < 4.78 is 27.5. The molecular formula is C10H9ClN2O4S. The number of carbonyl (C=O) groups is 1. The summed E-state index contributed by atoms with van der Waals surface area (Å²) in [5.74, 6) is 0.187. The first-order valence-corrected chi connectivity index (χ1v) is 6.99. The minimum atomic E-state index is -4.19. The second-order valence-corrected chi connectivity index (χ2v) is 5.78. The summed E-state index contributed by atoms with van der Waals surface area (Å²) in [5, 5.41) is 8.75. The van der Waals surface area contributed by atoms with Gasteiger partial charge in [0.25, 0.3) is 0 Å². The normalized spacial score (nSPS) is 10.6. The van der Waals surface area contributed by atoms with Crippen molar-refractivity contribution in [2.75, 3.05) is 0 Å². The summed E-state index contributed by atoms with van der Waals surface area (Å²) in [6.45, 7) is 3.26. The van der Waals surface area contributed by atoms with Crippen LogP contribution in [0.3, 0.4) is 0 Å². The van der Waals surface area contributed by atoms with Crippen molar-refractivity contribution in [2.24, 2.45) is 0 Å². The zero-order valence-electron chi connectivity index (χ0n) is 9.52. The van der Waals surface area contributed by atoms with Crippen LogP contribution in [0.5, 0.6) is 5.75 Å². The number of carbonyl (C=O) groups excluding carboxylic acids is 1. The van der Waals surface area contributed by atoms with Crippen LogP contribution in [-0.4, -0.2) is 14.5 Å². The third-order valence-corrected chi connectivity index (χ3v) is 2.63. The van der Waals surface area contributed by atoms with Gasteiger partial charge in [0.2, 0.25) is 0 Å². The maximum atomic E-state index is 11.2. The van der Waals surface area contributed by atoms with Crippen molar-refractivity contribution in [1.29, 1.82) is 5.26 Å². The van der Waals surface area contributed by atoms with Gasteiger partial charge in [0.05, 0.1) is 11.6 Å². The highest BCUT2D eigenvalue weighted by molar-refractivity contribution is 8.12. The van der Waals surface area contributed by atoms with Gasteiger partial charge in [-0.3, -0.25) is 0 Å². The van der Waals surface area contributed by atoms with E-state index in [1.54, 1.807) is 13.8 Å². The molecule has 0 atom stereocenters. The minimum Gasteiger partial charge on any atom is -0.409 e. The SMILES string of the molecule is Cc1cc(C#N)cc(C)c1OC(=O)NS(=O)(=O)Cl. The van der Waals surface area contributed by atoms with Crippen molar-refractivity contribution in [1.82, 2.24) is 4.72 Å². The highest BCUT2D eigenvalue weighted by Crippen LogP contribution is 2.24. The van der Waals surface area contributed by atoms with Crippen LogP contribution in [0.4, 0.5) is 4.79 Å². The summed E-state index contributed by atoms with van der Waals surface area (Å²) in [6, 6.07) is 4.99. The average Bonchev–Trinajstić information content (AvgIpc) is 2.20. The standard InChI is InChI=1S/C10H9ClN2O4S/c1-6-3-8(5-12)4-7(2)9(6)17-10(14)13-18(11,15)16/h3-4H,1-2H3,(H,13,14). The van der Waals surface area contributed by atoms with Crippen molar-refractivity contribution in [3.05, 3.63) is 28.8 Å². The third kappa shape index (κ3) is 3.91. The summed E-state index contributed by atoms with van der Waals surface area (Å²) in [6.07, 6.45) is -1.21. The van der Waals surface area contributed by atoms with Crippen molar-refractivity contribution >= 4 is 26.0 Å². The van der Waals surface area contributed by atoms with E-state index in [-0.39, 0.29) is 5.75 Å². The molecule has 0 spiro atoms. The summed E-state index contributed by atoms with van der Waals surface area (Å²) in [4.78, 5) is 11.2. The number of nitrogens with one attached hydrogen (secondary N) is 1. The lowest BCUT2D eigenvalue weighted by Crippen LogP contribution is -2.30. The van der Waals surface area contributed by atoms with Crippen LogP contribution in [0.15, 0.2) is 12.1 Å². The lowest BCUT2D eigenvalue weighted by molar-refractivity contribution is 0.206. The number of halogens is 1. The fourth-order valence-corrected chi connectivity index (χ4v) is 1.82. The van der Waals surface area contributed by atoms with Crippen LogP contribution in [-0.2, 0) is 9.24 Å². The number of amides is 1. The number of ether oxygens (including phenoxy) is 1. The van der Waals surface area contributed by atoms with Crippen LogP contribution in [0.25, 0.3) is 0 Å². The van der Waals surface area contributed by atoms with Gasteiger partial charge in [-0.2, -0.15) is 13.7 Å². The fourth-order valence-electron chi connectivity index (χ4n) is 1.39. The Hall–Kier alpha value is -1.78. The maximum Gasteiger partial charge on any atom is 0.427 e. The maximum absolute atomic E-state index is 11.2. The zero-order chi connectivity index (χ0) is 13.9. The molecule has 0 heterocycles. The highest BCUT2D eigenvalue weighted by Gasteiger charge is 2.15. The van der Waals surface area contributed by atoms with E-state index >= 15 is 0 Å². The Kier molecular flexibility index (Phi) is 4.16. The molecule has 0 radical (unpaired) electrons. The van der Waals surface area contributed by atoms with Crippen LogP contribution >= 0.6 is 10.7 Å². The second-order valence-electron chi connectivity index (χ2n) is 3.48. The molecule has 0 fully saturated rings. The van der Waals surface area contributed by atoms with Crippen LogP contribution in [0, 0.1) is 25.2 Å². The molecule has 1 aromatic rings. The predicted octanol–water partition coefficient (Wildman–Crippen LogP) is 1.75. The average molecular weight is 289 g/mol. The number of rotatable bonds is 2. The van der Waals surface area contributed by atoms with Gasteiger partial charge in [-0.25, -0.2) is 9.52 Å². The van der Waals surface area contributed by atoms with Gasteiger partial charge in [0.15, 0.2) is 0 Å². The number of nitrogens with zero attached hydrogens (tertiary/aromatic N) is 1. The molecule has 1 amide bonds. The monoisotopic (exact) mass is 288 g/mol. The summed E-state index contributed by atoms with van der Waals surface area (Å²) in [7, 11) is 0.652. The Morgan fingerprint density at radius 1 is 1.39 bits per heavy atom. The molecule has 0 aliphatic heterocycles. The van der Waals surface area contributed by atoms with E-state index in [1.807, 2.05) is 6.07 Å². The van der Waals surface area contributed by atoms with Gasteiger partial charge in [-0.15, -0.1) is 0 Å². The first kappa shape index (κ1) is 14.3. The molecule has 96 valence electrons. The van der Waals surface area contributed by atoms with E-state index in [2.05, 4.69) is 0 Å². The molecule has 0 saturated carbocycles. The van der Waals surface area contributed by atoms with Crippen LogP contribution in [0.1, 0.15) is 16.7 Å². The first-order chi connectivity index (χ1) is 8.23. The number of hydrogen-bond donors (Lipinski definition) is 1. The molecule has 0 aliphatic carbocycles. The zero-order valence-corrected chi connectivity index (χ0v) is 11.1. The second kappa shape index (κ2) is 5.25. The molecule has 0 unspecified atom stereocenters.